The normalized spacial score (nSPS) is 10.8. The van der Waals surface area contributed by atoms with Crippen LogP contribution in [0.3, 0.4) is 0 Å². The smallest absolute Gasteiger partial charge is 0.374 e. The number of esters is 1. The van der Waals surface area contributed by atoms with Crippen LogP contribution in [0.15, 0.2) is 59.0 Å². The van der Waals surface area contributed by atoms with Crippen molar-refractivity contribution < 1.29 is 18.7 Å². The topological polar surface area (TPSA) is 109 Å². The van der Waals surface area contributed by atoms with Gasteiger partial charge in [0.15, 0.2) is 0 Å². The van der Waals surface area contributed by atoms with E-state index in [0.29, 0.717) is 29.3 Å². The predicted octanol–water partition coefficient (Wildman–Crippen LogP) is 4.81. The monoisotopic (exact) mass is 418 g/mol. The predicted molar refractivity (Wildman–Crippen MR) is 118 cm³/mol. The lowest BCUT2D eigenvalue weighted by Crippen LogP contribution is -2.28. The summed E-state index contributed by atoms with van der Waals surface area (Å²) in [5, 5.41) is 5.36. The van der Waals surface area contributed by atoms with Crippen molar-refractivity contribution >= 4 is 29.0 Å². The molecule has 4 rings (SSSR count). The number of carbonyl (C=O) groups is 2. The first-order chi connectivity index (χ1) is 15.1. The SMILES string of the molecule is CCNC(=O)Nc1nc2c(-c3ccc(C(=O)OCC)o3)cc(-c3ccccc3)cc2[nH]1. The van der Waals surface area contributed by atoms with E-state index in [1.807, 2.05) is 49.4 Å². The van der Waals surface area contributed by atoms with Crippen LogP contribution in [-0.2, 0) is 4.74 Å². The highest BCUT2D eigenvalue weighted by molar-refractivity contribution is 5.98. The number of urea groups is 1. The molecule has 0 fully saturated rings. The van der Waals surface area contributed by atoms with Crippen molar-refractivity contribution in [2.24, 2.45) is 0 Å². The number of aromatic nitrogens is 2. The van der Waals surface area contributed by atoms with Crippen LogP contribution in [0.5, 0.6) is 0 Å². The number of fused-ring (bicyclic) bond motifs is 1. The number of benzene rings is 2. The van der Waals surface area contributed by atoms with E-state index in [9.17, 15) is 9.59 Å². The Morgan fingerprint density at radius 2 is 1.87 bits per heavy atom. The largest absolute Gasteiger partial charge is 0.460 e. The number of nitrogens with one attached hydrogen (secondary N) is 3. The van der Waals surface area contributed by atoms with Gasteiger partial charge in [-0.25, -0.2) is 14.6 Å². The average Bonchev–Trinajstić information content (AvgIpc) is 3.41. The van der Waals surface area contributed by atoms with Crippen LogP contribution < -0.4 is 10.6 Å². The summed E-state index contributed by atoms with van der Waals surface area (Å²) in [5.74, 6) is 0.377. The highest BCUT2D eigenvalue weighted by atomic mass is 16.5. The summed E-state index contributed by atoms with van der Waals surface area (Å²) in [6.07, 6.45) is 0. The van der Waals surface area contributed by atoms with E-state index in [4.69, 9.17) is 9.15 Å². The van der Waals surface area contributed by atoms with Gasteiger partial charge in [-0.2, -0.15) is 0 Å². The first-order valence-electron chi connectivity index (χ1n) is 10.0. The third kappa shape index (κ3) is 4.28. The van der Waals surface area contributed by atoms with Crippen molar-refractivity contribution in [1.82, 2.24) is 15.3 Å². The third-order valence-electron chi connectivity index (χ3n) is 4.61. The average molecular weight is 418 g/mol. The fourth-order valence-electron chi connectivity index (χ4n) is 3.27. The molecule has 0 spiro atoms. The number of imidazole rings is 1. The third-order valence-corrected chi connectivity index (χ3v) is 4.61. The molecule has 0 aliphatic rings. The Morgan fingerprint density at radius 3 is 2.61 bits per heavy atom. The molecule has 0 bridgehead atoms. The van der Waals surface area contributed by atoms with Crippen molar-refractivity contribution in [3.05, 3.63) is 60.4 Å². The molecule has 8 heteroatoms. The first kappa shape index (κ1) is 20.2. The molecule has 2 amide bonds. The number of carbonyl (C=O) groups excluding carboxylic acids is 2. The molecule has 0 saturated heterocycles. The molecular formula is C23H22N4O4. The second-order valence-electron chi connectivity index (χ2n) is 6.74. The molecule has 0 aliphatic heterocycles. The standard InChI is InChI=1S/C23H22N4O4/c1-3-24-23(29)27-22-25-17-13-15(14-8-6-5-7-9-14)12-16(20(17)26-22)18-10-11-19(31-18)21(28)30-4-2/h5-13H,3-4H2,1-2H3,(H3,24,25,26,27,29). The van der Waals surface area contributed by atoms with E-state index in [1.54, 1.807) is 19.1 Å². The van der Waals surface area contributed by atoms with Gasteiger partial charge in [0.1, 0.15) is 11.3 Å². The van der Waals surface area contributed by atoms with Crippen molar-refractivity contribution in [2.45, 2.75) is 13.8 Å². The van der Waals surface area contributed by atoms with E-state index in [1.165, 1.54) is 0 Å². The number of furan rings is 1. The molecule has 8 nitrogen and oxygen atoms in total. The minimum atomic E-state index is -0.523. The zero-order chi connectivity index (χ0) is 21.8. The lowest BCUT2D eigenvalue weighted by molar-refractivity contribution is 0.0491. The van der Waals surface area contributed by atoms with E-state index >= 15 is 0 Å². The number of aromatic amines is 1. The number of hydrogen-bond donors (Lipinski definition) is 3. The number of anilines is 1. The fraction of sp³-hybridized carbons (Fsp3) is 0.174. The zero-order valence-corrected chi connectivity index (χ0v) is 17.2. The highest BCUT2D eigenvalue weighted by Gasteiger charge is 2.18. The maximum Gasteiger partial charge on any atom is 0.374 e. The van der Waals surface area contributed by atoms with Crippen LogP contribution in [0.4, 0.5) is 10.7 Å². The van der Waals surface area contributed by atoms with Gasteiger partial charge in [0, 0.05) is 12.1 Å². The van der Waals surface area contributed by atoms with Gasteiger partial charge in [0.05, 0.1) is 12.1 Å². The van der Waals surface area contributed by atoms with Gasteiger partial charge >= 0.3 is 12.0 Å². The molecule has 2 heterocycles. The Balaban J connectivity index is 1.82. The summed E-state index contributed by atoms with van der Waals surface area (Å²) in [6.45, 7) is 4.33. The van der Waals surface area contributed by atoms with E-state index in [0.717, 1.165) is 16.6 Å². The van der Waals surface area contributed by atoms with Gasteiger partial charge in [0.2, 0.25) is 11.7 Å². The number of rotatable bonds is 6. The van der Waals surface area contributed by atoms with Gasteiger partial charge < -0.3 is 19.5 Å². The Kier molecular flexibility index (Phi) is 5.70. The Labute approximate surface area is 178 Å². The molecule has 158 valence electrons. The summed E-state index contributed by atoms with van der Waals surface area (Å²) in [6, 6.07) is 16.7. The van der Waals surface area contributed by atoms with E-state index in [2.05, 4.69) is 20.6 Å². The summed E-state index contributed by atoms with van der Waals surface area (Å²) in [5.41, 5.74) is 3.96. The van der Waals surface area contributed by atoms with E-state index in [-0.39, 0.29) is 18.4 Å². The summed E-state index contributed by atoms with van der Waals surface area (Å²) in [4.78, 5) is 31.6. The number of ether oxygens (including phenoxy) is 1. The van der Waals surface area contributed by atoms with Crippen LogP contribution in [0.2, 0.25) is 0 Å². The molecule has 31 heavy (non-hydrogen) atoms. The molecule has 4 aromatic rings. The van der Waals surface area contributed by atoms with Gasteiger partial charge in [-0.1, -0.05) is 30.3 Å². The van der Waals surface area contributed by atoms with Crippen LogP contribution in [0, 0.1) is 0 Å². The lowest BCUT2D eigenvalue weighted by Gasteiger charge is -2.06. The van der Waals surface area contributed by atoms with Crippen LogP contribution in [0.25, 0.3) is 33.5 Å². The second kappa shape index (κ2) is 8.74. The summed E-state index contributed by atoms with van der Waals surface area (Å²) >= 11 is 0. The van der Waals surface area contributed by atoms with E-state index < -0.39 is 5.97 Å². The lowest BCUT2D eigenvalue weighted by atomic mass is 10.0. The number of H-pyrrole nitrogens is 1. The van der Waals surface area contributed by atoms with Crippen molar-refractivity contribution in [2.75, 3.05) is 18.5 Å². The minimum absolute atomic E-state index is 0.117. The van der Waals surface area contributed by atoms with Crippen molar-refractivity contribution in [1.29, 1.82) is 0 Å². The molecular weight excluding hydrogens is 396 g/mol. The molecule has 2 aromatic carbocycles. The second-order valence-corrected chi connectivity index (χ2v) is 6.74. The fourth-order valence-corrected chi connectivity index (χ4v) is 3.27. The number of nitrogens with zero attached hydrogens (tertiary/aromatic N) is 1. The minimum Gasteiger partial charge on any atom is -0.460 e. The summed E-state index contributed by atoms with van der Waals surface area (Å²) in [7, 11) is 0. The molecule has 0 radical (unpaired) electrons. The van der Waals surface area contributed by atoms with Crippen LogP contribution in [0.1, 0.15) is 24.4 Å². The molecule has 0 aliphatic carbocycles. The maximum absolute atomic E-state index is 12.0. The Morgan fingerprint density at radius 1 is 1.06 bits per heavy atom. The highest BCUT2D eigenvalue weighted by Crippen LogP contribution is 2.34. The molecule has 3 N–H and O–H groups in total. The van der Waals surface area contributed by atoms with Crippen LogP contribution in [-0.4, -0.2) is 35.1 Å². The Hall–Kier alpha value is -4.07. The van der Waals surface area contributed by atoms with Gasteiger partial charge in [-0.15, -0.1) is 0 Å². The Bertz CT molecular complexity index is 1230. The van der Waals surface area contributed by atoms with Gasteiger partial charge in [0.25, 0.3) is 0 Å². The van der Waals surface area contributed by atoms with Crippen LogP contribution >= 0.6 is 0 Å². The quantitative estimate of drug-likeness (QED) is 0.389. The maximum atomic E-state index is 12.0. The molecule has 0 unspecified atom stereocenters. The number of amides is 2. The first-order valence-corrected chi connectivity index (χ1v) is 10.0. The van der Waals surface area contributed by atoms with Crippen molar-refractivity contribution in [3.63, 3.8) is 0 Å². The van der Waals surface area contributed by atoms with Gasteiger partial charge in [-0.3, -0.25) is 5.32 Å². The molecule has 0 atom stereocenters. The summed E-state index contributed by atoms with van der Waals surface area (Å²) < 4.78 is 10.8. The van der Waals surface area contributed by atoms with Gasteiger partial charge in [-0.05, 0) is 49.2 Å². The molecule has 2 aromatic heterocycles. The number of hydrogen-bond acceptors (Lipinski definition) is 5. The molecule has 0 saturated carbocycles. The van der Waals surface area contributed by atoms with Crippen molar-refractivity contribution in [3.8, 4) is 22.5 Å². The zero-order valence-electron chi connectivity index (χ0n) is 17.2.